The van der Waals surface area contributed by atoms with E-state index in [2.05, 4.69) is 16.2 Å². The van der Waals surface area contributed by atoms with E-state index >= 15 is 0 Å². The first-order valence-electron chi connectivity index (χ1n) is 12.4. The van der Waals surface area contributed by atoms with Gasteiger partial charge in [-0.3, -0.25) is 9.51 Å². The number of aromatic nitrogens is 4. The zero-order valence-electron chi connectivity index (χ0n) is 20.4. The Bertz CT molecular complexity index is 1830. The Morgan fingerprint density at radius 2 is 1.89 bits per heavy atom. The molecule has 5 aromatic rings. The number of hydrogen-bond acceptors (Lipinski definition) is 5. The summed E-state index contributed by atoms with van der Waals surface area (Å²) in [5.41, 5.74) is 7.67. The monoisotopic (exact) mass is 512 g/mol. The zero-order chi connectivity index (χ0) is 26.0. The van der Waals surface area contributed by atoms with Gasteiger partial charge in [0.25, 0.3) is 0 Å². The number of nitrogens with zero attached hydrogens (tertiary/aromatic N) is 3. The van der Waals surface area contributed by atoms with E-state index in [1.807, 2.05) is 23.5 Å². The summed E-state index contributed by atoms with van der Waals surface area (Å²) in [5, 5.41) is 3.87. The first-order valence-corrected chi connectivity index (χ1v) is 12.4. The number of allylic oxidation sites excluding steroid dienone is 1. The fourth-order valence-corrected chi connectivity index (χ4v) is 5.30. The van der Waals surface area contributed by atoms with Crippen molar-refractivity contribution >= 4 is 16.8 Å². The molecule has 0 radical (unpaired) electrons. The number of benzene rings is 2. The van der Waals surface area contributed by atoms with Crippen molar-refractivity contribution in [3.05, 3.63) is 116 Å². The third kappa shape index (κ3) is 3.82. The van der Waals surface area contributed by atoms with E-state index in [9.17, 15) is 13.6 Å². The lowest BCUT2D eigenvalue weighted by Gasteiger charge is -2.14. The fourth-order valence-electron chi connectivity index (χ4n) is 5.30. The lowest BCUT2D eigenvalue weighted by Crippen LogP contribution is -2.02. The Labute approximate surface area is 215 Å². The van der Waals surface area contributed by atoms with Crippen molar-refractivity contribution in [2.45, 2.75) is 38.7 Å². The summed E-state index contributed by atoms with van der Waals surface area (Å²) >= 11 is 0. The van der Waals surface area contributed by atoms with Crippen LogP contribution in [0.4, 0.5) is 8.78 Å². The van der Waals surface area contributed by atoms with Crippen LogP contribution in [-0.4, -0.2) is 19.5 Å². The van der Waals surface area contributed by atoms with Crippen LogP contribution in [0.3, 0.4) is 0 Å². The maximum Gasteiger partial charge on any atom is 0.439 e. The number of fused-ring (bicyclic) bond motifs is 3. The van der Waals surface area contributed by atoms with Crippen molar-refractivity contribution in [3.8, 4) is 5.75 Å². The molecule has 0 saturated heterocycles. The third-order valence-electron chi connectivity index (χ3n) is 7.26. The Hall–Kier alpha value is -4.53. The first-order chi connectivity index (χ1) is 18.4. The van der Waals surface area contributed by atoms with E-state index < -0.39 is 11.6 Å². The molecule has 1 fully saturated rings. The van der Waals surface area contributed by atoms with Crippen molar-refractivity contribution in [1.82, 2.24) is 19.5 Å². The van der Waals surface area contributed by atoms with E-state index in [-0.39, 0.29) is 12.4 Å². The minimum atomic E-state index is -0.654. The first kappa shape index (κ1) is 22.7. The fraction of sp³-hybridized carbons (Fsp3) is 0.207. The molecule has 1 N–H and O–H groups in total. The summed E-state index contributed by atoms with van der Waals surface area (Å²) in [6.45, 7) is 2.07. The van der Waals surface area contributed by atoms with Gasteiger partial charge in [0.1, 0.15) is 29.6 Å². The second-order valence-corrected chi connectivity index (χ2v) is 9.83. The lowest BCUT2D eigenvalue weighted by atomic mass is 9.89. The lowest BCUT2D eigenvalue weighted by molar-refractivity contribution is 0.305. The van der Waals surface area contributed by atoms with Crippen LogP contribution in [0.1, 0.15) is 65.1 Å². The minimum Gasteiger partial charge on any atom is -0.488 e. The van der Waals surface area contributed by atoms with Gasteiger partial charge in [-0.2, -0.15) is 0 Å². The van der Waals surface area contributed by atoms with E-state index in [1.54, 1.807) is 12.3 Å². The highest BCUT2D eigenvalue weighted by Gasteiger charge is 2.30. The predicted molar refractivity (Wildman–Crippen MR) is 136 cm³/mol. The second-order valence-electron chi connectivity index (χ2n) is 9.83. The van der Waals surface area contributed by atoms with Crippen LogP contribution >= 0.6 is 0 Å². The predicted octanol–water partition coefficient (Wildman–Crippen LogP) is 5.63. The van der Waals surface area contributed by atoms with Gasteiger partial charge in [0.15, 0.2) is 5.82 Å². The standard InChI is InChI=1S/C29H22F2N4O3/c1-15(28-33-29(36)38-34-28)26-21-6-2-16(10-18(21)14-37-24-12-19(30)5-7-22(24)26)11-23-27(17-3-4-17)32-25-13-20(31)8-9-35(23)25/h2,5-10,12-13,17H,3-4,11,14H2,1H3,(H,33,34,36)/b26-15+. The van der Waals surface area contributed by atoms with Gasteiger partial charge in [-0.25, -0.2) is 18.6 Å². The SMILES string of the molecule is C/C(=C1/c2ccc(Cc3c(C4CC4)nc4cc(F)ccn34)cc2COc2cc(F)ccc21)c1noc(=O)[nH]1. The maximum absolute atomic E-state index is 14.1. The van der Waals surface area contributed by atoms with Gasteiger partial charge in [0.05, 0.1) is 11.4 Å². The van der Waals surface area contributed by atoms with Crippen molar-refractivity contribution in [3.63, 3.8) is 0 Å². The van der Waals surface area contributed by atoms with Crippen LogP contribution in [-0.2, 0) is 13.0 Å². The van der Waals surface area contributed by atoms with Crippen LogP contribution in [0.5, 0.6) is 5.75 Å². The molecule has 7 nitrogen and oxygen atoms in total. The van der Waals surface area contributed by atoms with Crippen LogP contribution in [0, 0.1) is 11.6 Å². The number of nitrogens with one attached hydrogen (secondary N) is 1. The van der Waals surface area contributed by atoms with Gasteiger partial charge in [-0.1, -0.05) is 23.4 Å². The molecule has 7 rings (SSSR count). The Balaban J connectivity index is 1.36. The van der Waals surface area contributed by atoms with Gasteiger partial charge in [0.2, 0.25) is 0 Å². The molecule has 0 spiro atoms. The zero-order valence-corrected chi connectivity index (χ0v) is 20.4. The Kier molecular flexibility index (Phi) is 5.07. The molecule has 1 aliphatic carbocycles. The van der Waals surface area contributed by atoms with Gasteiger partial charge in [-0.05, 0) is 60.2 Å². The molecule has 190 valence electrons. The number of H-pyrrole nitrogens is 1. The van der Waals surface area contributed by atoms with Crippen molar-refractivity contribution < 1.29 is 18.0 Å². The molecule has 3 aromatic heterocycles. The van der Waals surface area contributed by atoms with Crippen molar-refractivity contribution in [2.75, 3.05) is 0 Å². The van der Waals surface area contributed by atoms with E-state index in [0.29, 0.717) is 40.7 Å². The molecular formula is C29H22F2N4O3. The molecule has 0 atom stereocenters. The van der Waals surface area contributed by atoms with Gasteiger partial charge < -0.3 is 9.14 Å². The average molecular weight is 513 g/mol. The smallest absolute Gasteiger partial charge is 0.439 e. The molecule has 0 amide bonds. The quantitative estimate of drug-likeness (QED) is 0.338. The molecular weight excluding hydrogens is 490 g/mol. The minimum absolute atomic E-state index is 0.236. The Morgan fingerprint density at radius 1 is 1.08 bits per heavy atom. The molecule has 2 aromatic carbocycles. The highest BCUT2D eigenvalue weighted by atomic mass is 19.1. The van der Waals surface area contributed by atoms with Crippen molar-refractivity contribution in [2.24, 2.45) is 0 Å². The average Bonchev–Trinajstić information content (AvgIpc) is 3.60. The van der Waals surface area contributed by atoms with E-state index in [1.165, 1.54) is 24.3 Å². The number of imidazole rings is 1. The number of pyridine rings is 1. The molecule has 0 bridgehead atoms. The summed E-state index contributed by atoms with van der Waals surface area (Å²) in [5.74, 6) is -0.258. The summed E-state index contributed by atoms with van der Waals surface area (Å²) < 4.78 is 40.8. The van der Waals surface area contributed by atoms with Crippen LogP contribution in [0.15, 0.2) is 64.0 Å². The summed E-state index contributed by atoms with van der Waals surface area (Å²) in [6.07, 6.45) is 4.52. The van der Waals surface area contributed by atoms with Gasteiger partial charge in [-0.15, -0.1) is 0 Å². The molecule has 38 heavy (non-hydrogen) atoms. The number of ether oxygens (including phenoxy) is 1. The summed E-state index contributed by atoms with van der Waals surface area (Å²) in [6, 6.07) is 13.5. The highest BCUT2D eigenvalue weighted by molar-refractivity contribution is 5.99. The van der Waals surface area contributed by atoms with E-state index in [0.717, 1.165) is 46.5 Å². The molecule has 2 aliphatic rings. The number of halogens is 2. The van der Waals surface area contributed by atoms with Crippen LogP contribution in [0.2, 0.25) is 0 Å². The van der Waals surface area contributed by atoms with Crippen LogP contribution < -0.4 is 10.5 Å². The molecule has 0 unspecified atom stereocenters. The third-order valence-corrected chi connectivity index (χ3v) is 7.26. The van der Waals surface area contributed by atoms with Crippen LogP contribution in [0.25, 0.3) is 16.8 Å². The van der Waals surface area contributed by atoms with Gasteiger partial charge >= 0.3 is 5.76 Å². The molecule has 9 heteroatoms. The van der Waals surface area contributed by atoms with E-state index in [4.69, 9.17) is 14.2 Å². The maximum atomic E-state index is 14.1. The normalized spacial score (nSPS) is 16.1. The number of hydrogen-bond donors (Lipinski definition) is 1. The largest absolute Gasteiger partial charge is 0.488 e. The number of rotatable bonds is 4. The second kappa shape index (κ2) is 8.51. The topological polar surface area (TPSA) is 85.4 Å². The highest BCUT2D eigenvalue weighted by Crippen LogP contribution is 2.43. The summed E-state index contributed by atoms with van der Waals surface area (Å²) in [7, 11) is 0. The van der Waals surface area contributed by atoms with Gasteiger partial charge in [0, 0.05) is 41.8 Å². The Morgan fingerprint density at radius 3 is 2.68 bits per heavy atom. The molecule has 1 aliphatic heterocycles. The molecule has 4 heterocycles. The summed E-state index contributed by atoms with van der Waals surface area (Å²) in [4.78, 5) is 19.0. The number of aromatic amines is 1. The molecule has 1 saturated carbocycles. The van der Waals surface area contributed by atoms with Crippen molar-refractivity contribution in [1.29, 1.82) is 0 Å².